The number of aromatic nitrogens is 4. The van der Waals surface area contributed by atoms with Crippen LogP contribution in [0, 0.1) is 0 Å². The molecule has 21 heavy (non-hydrogen) atoms. The number of fused-ring (bicyclic) bond motifs is 3. The maximum atomic E-state index is 6.08. The Kier molecular flexibility index (Phi) is 3.50. The number of rotatable bonds is 3. The van der Waals surface area contributed by atoms with Gasteiger partial charge in [0.25, 0.3) is 0 Å². The molecule has 0 spiro atoms. The summed E-state index contributed by atoms with van der Waals surface area (Å²) in [6, 6.07) is 10.4. The van der Waals surface area contributed by atoms with E-state index in [1.807, 2.05) is 6.07 Å². The Morgan fingerprint density at radius 2 is 2.00 bits per heavy atom. The first kappa shape index (κ1) is 13.4. The molecular weight excluding hydrogens is 344 g/mol. The fourth-order valence-corrected chi connectivity index (χ4v) is 5.35. The van der Waals surface area contributed by atoms with Gasteiger partial charge in [-0.1, -0.05) is 41.9 Å². The lowest BCUT2D eigenvalue weighted by Crippen LogP contribution is -1.86. The molecule has 4 aromatic rings. The standard InChI is InChI=1S/C13H7ClN4S3/c14-11-10-9(15-18-16-11)8-12(20-10)17-21-13(8)19-6-7-4-2-1-3-5-7/h1-5H,6H2. The zero-order valence-electron chi connectivity index (χ0n) is 10.5. The van der Waals surface area contributed by atoms with Gasteiger partial charge in [0.05, 0.1) is 14.3 Å². The minimum Gasteiger partial charge on any atom is -0.180 e. The maximum Gasteiger partial charge on any atom is 0.172 e. The normalized spacial score (nSPS) is 11.5. The highest BCUT2D eigenvalue weighted by Crippen LogP contribution is 2.42. The van der Waals surface area contributed by atoms with E-state index in [-0.39, 0.29) is 0 Å². The summed E-state index contributed by atoms with van der Waals surface area (Å²) in [5.74, 6) is 0.904. The molecule has 0 bridgehead atoms. The van der Waals surface area contributed by atoms with Crippen LogP contribution in [-0.2, 0) is 5.75 Å². The van der Waals surface area contributed by atoms with Crippen LogP contribution in [0.15, 0.2) is 34.5 Å². The predicted octanol–water partition coefficient (Wildman–Crippen LogP) is 4.64. The molecule has 0 atom stereocenters. The molecule has 3 aromatic heterocycles. The van der Waals surface area contributed by atoms with Gasteiger partial charge in [-0.2, -0.15) is 4.37 Å². The largest absolute Gasteiger partial charge is 0.180 e. The quantitative estimate of drug-likeness (QED) is 0.504. The van der Waals surface area contributed by atoms with Crippen molar-refractivity contribution < 1.29 is 0 Å². The Labute approximate surface area is 137 Å². The zero-order valence-corrected chi connectivity index (χ0v) is 13.7. The van der Waals surface area contributed by atoms with Gasteiger partial charge in [0.15, 0.2) is 5.15 Å². The van der Waals surface area contributed by atoms with E-state index in [0.29, 0.717) is 5.15 Å². The molecule has 0 N–H and O–H groups in total. The van der Waals surface area contributed by atoms with E-state index in [9.17, 15) is 0 Å². The van der Waals surface area contributed by atoms with Crippen LogP contribution >= 0.6 is 46.2 Å². The molecule has 4 nitrogen and oxygen atoms in total. The predicted molar refractivity (Wildman–Crippen MR) is 89.4 cm³/mol. The number of nitrogens with zero attached hydrogens (tertiary/aromatic N) is 4. The molecule has 1 aromatic carbocycles. The third-order valence-corrected chi connectivity index (χ3v) is 6.69. The summed E-state index contributed by atoms with van der Waals surface area (Å²) >= 11 is 10.9. The Hall–Kier alpha value is -1.28. The number of hydrogen-bond donors (Lipinski definition) is 0. The third kappa shape index (κ3) is 2.40. The Morgan fingerprint density at radius 3 is 2.86 bits per heavy atom. The second kappa shape index (κ2) is 5.49. The van der Waals surface area contributed by atoms with Crippen molar-refractivity contribution in [3.05, 3.63) is 41.0 Å². The molecule has 0 aliphatic carbocycles. The van der Waals surface area contributed by atoms with Gasteiger partial charge in [-0.25, -0.2) is 0 Å². The van der Waals surface area contributed by atoms with Crippen molar-refractivity contribution in [1.82, 2.24) is 19.8 Å². The lowest BCUT2D eigenvalue weighted by Gasteiger charge is -1.99. The van der Waals surface area contributed by atoms with E-state index in [4.69, 9.17) is 11.6 Å². The van der Waals surface area contributed by atoms with Crippen molar-refractivity contribution in [2.24, 2.45) is 0 Å². The molecule has 0 saturated carbocycles. The second-order valence-electron chi connectivity index (χ2n) is 4.28. The zero-order chi connectivity index (χ0) is 14.2. The van der Waals surface area contributed by atoms with Crippen molar-refractivity contribution in [2.75, 3.05) is 0 Å². The Bertz CT molecular complexity index is 919. The van der Waals surface area contributed by atoms with Crippen molar-refractivity contribution in [3.63, 3.8) is 0 Å². The van der Waals surface area contributed by atoms with Crippen LogP contribution in [0.5, 0.6) is 0 Å². The molecule has 0 aliphatic heterocycles. The van der Waals surface area contributed by atoms with Crippen LogP contribution in [0.4, 0.5) is 0 Å². The minimum atomic E-state index is 0.395. The number of thioether (sulfide) groups is 1. The highest BCUT2D eigenvalue weighted by Gasteiger charge is 2.17. The number of benzene rings is 1. The summed E-state index contributed by atoms with van der Waals surface area (Å²) in [5, 5.41) is 13.1. The third-order valence-electron chi connectivity index (χ3n) is 2.96. The van der Waals surface area contributed by atoms with E-state index in [1.54, 1.807) is 11.8 Å². The van der Waals surface area contributed by atoms with Crippen molar-refractivity contribution >= 4 is 66.7 Å². The molecule has 0 saturated heterocycles. The van der Waals surface area contributed by atoms with Crippen molar-refractivity contribution in [1.29, 1.82) is 0 Å². The second-order valence-corrected chi connectivity index (χ2v) is 7.66. The SMILES string of the molecule is Clc1nnnc2c1sc1nsc(SCc3ccccc3)c12. The lowest BCUT2D eigenvalue weighted by molar-refractivity contribution is 0.899. The van der Waals surface area contributed by atoms with Crippen LogP contribution in [-0.4, -0.2) is 19.8 Å². The molecule has 104 valence electrons. The highest BCUT2D eigenvalue weighted by atomic mass is 35.5. The Morgan fingerprint density at radius 1 is 1.14 bits per heavy atom. The molecular formula is C13H7ClN4S3. The maximum absolute atomic E-state index is 6.08. The summed E-state index contributed by atoms with van der Waals surface area (Å²) in [5.41, 5.74) is 2.09. The summed E-state index contributed by atoms with van der Waals surface area (Å²) in [6.45, 7) is 0. The van der Waals surface area contributed by atoms with Crippen molar-refractivity contribution in [2.45, 2.75) is 9.96 Å². The van der Waals surface area contributed by atoms with Gasteiger partial charge >= 0.3 is 0 Å². The fourth-order valence-electron chi connectivity index (χ4n) is 2.00. The average Bonchev–Trinajstić information content (AvgIpc) is 3.07. The van der Waals surface area contributed by atoms with Gasteiger partial charge in [0, 0.05) is 5.75 Å². The van der Waals surface area contributed by atoms with Gasteiger partial charge in [0.1, 0.15) is 10.3 Å². The van der Waals surface area contributed by atoms with Gasteiger partial charge < -0.3 is 0 Å². The van der Waals surface area contributed by atoms with Crippen LogP contribution in [0.3, 0.4) is 0 Å². The molecule has 4 rings (SSSR count). The molecule has 8 heteroatoms. The first-order valence-corrected chi connectivity index (χ1v) is 9.02. The number of halogens is 1. The van der Waals surface area contributed by atoms with Gasteiger partial charge in [-0.3, -0.25) is 0 Å². The smallest absolute Gasteiger partial charge is 0.172 e. The van der Waals surface area contributed by atoms with Gasteiger partial charge in [-0.15, -0.1) is 33.3 Å². The molecule has 0 aliphatic rings. The highest BCUT2D eigenvalue weighted by molar-refractivity contribution is 8.00. The number of hydrogen-bond acceptors (Lipinski definition) is 7. The first-order valence-electron chi connectivity index (χ1n) is 6.06. The van der Waals surface area contributed by atoms with Gasteiger partial charge in [-0.05, 0) is 22.3 Å². The van der Waals surface area contributed by atoms with E-state index in [0.717, 1.165) is 30.4 Å². The average molecular weight is 351 g/mol. The first-order chi connectivity index (χ1) is 10.3. The van der Waals surface area contributed by atoms with E-state index >= 15 is 0 Å². The molecule has 0 amide bonds. The summed E-state index contributed by atoms with van der Waals surface area (Å²) < 4.78 is 6.50. The van der Waals surface area contributed by atoms with Gasteiger partial charge in [0.2, 0.25) is 0 Å². The fraction of sp³-hybridized carbons (Fsp3) is 0.0769. The molecule has 0 fully saturated rings. The van der Waals surface area contributed by atoms with E-state index < -0.39 is 0 Å². The van der Waals surface area contributed by atoms with E-state index in [2.05, 4.69) is 44.0 Å². The summed E-state index contributed by atoms with van der Waals surface area (Å²) in [6.07, 6.45) is 0. The lowest BCUT2D eigenvalue weighted by atomic mass is 10.2. The van der Waals surface area contributed by atoms with Crippen LogP contribution < -0.4 is 0 Å². The van der Waals surface area contributed by atoms with Crippen LogP contribution in [0.2, 0.25) is 5.15 Å². The monoisotopic (exact) mass is 350 g/mol. The molecule has 0 radical (unpaired) electrons. The van der Waals surface area contributed by atoms with Crippen molar-refractivity contribution in [3.8, 4) is 0 Å². The van der Waals surface area contributed by atoms with Crippen LogP contribution in [0.1, 0.15) is 5.56 Å². The van der Waals surface area contributed by atoms with E-state index in [1.165, 1.54) is 28.4 Å². The summed E-state index contributed by atoms with van der Waals surface area (Å²) in [4.78, 5) is 0.953. The molecule has 3 heterocycles. The Balaban J connectivity index is 1.75. The van der Waals surface area contributed by atoms with Crippen LogP contribution in [0.25, 0.3) is 20.4 Å². The number of thiophene rings is 1. The minimum absolute atomic E-state index is 0.395. The molecule has 0 unspecified atom stereocenters. The topological polar surface area (TPSA) is 51.6 Å². The summed E-state index contributed by atoms with van der Waals surface area (Å²) in [7, 11) is 0.